The lowest BCUT2D eigenvalue weighted by molar-refractivity contribution is 0.110. The third-order valence-corrected chi connectivity index (χ3v) is 2.87. The summed E-state index contributed by atoms with van der Waals surface area (Å²) in [7, 11) is 0. The molecule has 0 radical (unpaired) electrons. The van der Waals surface area contributed by atoms with Crippen LogP contribution in [0.1, 0.15) is 10.6 Å². The van der Waals surface area contributed by atoms with Gasteiger partial charge < -0.3 is 9.52 Å². The monoisotopic (exact) mass is 332 g/mol. The molecule has 1 aromatic heterocycles. The second-order valence-corrected chi connectivity index (χ2v) is 4.26. The molecule has 0 spiro atoms. The number of phenolic OH excluding ortho intramolecular Hbond substituents is 1. The number of hydrogen-bond acceptors (Lipinski definition) is 3. The summed E-state index contributed by atoms with van der Waals surface area (Å²) in [5.74, 6) is -0.234. The van der Waals surface area contributed by atoms with E-state index in [-0.39, 0.29) is 11.5 Å². The molecular weight excluding hydrogens is 326 g/mol. The summed E-state index contributed by atoms with van der Waals surface area (Å²) < 4.78 is 18.6. The first-order valence-corrected chi connectivity index (χ1v) is 5.43. The van der Waals surface area contributed by atoms with E-state index in [4.69, 9.17) is 4.42 Å². The standard InChI is InChI=1S/C11H6FIO3/c12-6-3-8(13)11(9(15)4-6)10-2-1-7(5-14)16-10/h1-5,15H. The molecule has 0 bridgehead atoms. The van der Waals surface area contributed by atoms with Gasteiger partial charge in [0.2, 0.25) is 0 Å². The lowest BCUT2D eigenvalue weighted by Gasteiger charge is -2.04. The van der Waals surface area contributed by atoms with Crippen LogP contribution in [0, 0.1) is 9.39 Å². The van der Waals surface area contributed by atoms with Gasteiger partial charge in [-0.15, -0.1) is 0 Å². The third-order valence-electron chi connectivity index (χ3n) is 2.02. The number of halogens is 2. The Bertz CT molecular complexity index is 525. The van der Waals surface area contributed by atoms with Crippen LogP contribution < -0.4 is 0 Å². The highest BCUT2D eigenvalue weighted by atomic mass is 127. The summed E-state index contributed by atoms with van der Waals surface area (Å²) in [5.41, 5.74) is 0.384. The Kier molecular flexibility index (Phi) is 2.95. The van der Waals surface area contributed by atoms with Crippen LogP contribution in [0.15, 0.2) is 28.7 Å². The quantitative estimate of drug-likeness (QED) is 0.679. The molecule has 0 aliphatic rings. The van der Waals surface area contributed by atoms with E-state index >= 15 is 0 Å². The van der Waals surface area contributed by atoms with Crippen LogP contribution in [0.5, 0.6) is 5.75 Å². The molecule has 2 rings (SSSR count). The van der Waals surface area contributed by atoms with Gasteiger partial charge in [-0.1, -0.05) is 0 Å². The topological polar surface area (TPSA) is 50.4 Å². The highest BCUT2D eigenvalue weighted by Crippen LogP contribution is 2.35. The van der Waals surface area contributed by atoms with Gasteiger partial charge in [-0.05, 0) is 40.8 Å². The first-order chi connectivity index (χ1) is 7.61. The molecule has 2 aromatic rings. The molecule has 1 heterocycles. The predicted octanol–water partition coefficient (Wildman–Crippen LogP) is 3.21. The third kappa shape index (κ3) is 1.95. The van der Waals surface area contributed by atoms with Gasteiger partial charge in [-0.25, -0.2) is 4.39 Å². The van der Waals surface area contributed by atoms with Gasteiger partial charge in [0, 0.05) is 9.64 Å². The Morgan fingerprint density at radius 3 is 2.69 bits per heavy atom. The fourth-order valence-electron chi connectivity index (χ4n) is 1.35. The van der Waals surface area contributed by atoms with Crippen molar-refractivity contribution in [1.29, 1.82) is 0 Å². The molecule has 0 saturated heterocycles. The van der Waals surface area contributed by atoms with Crippen LogP contribution in [0.3, 0.4) is 0 Å². The lowest BCUT2D eigenvalue weighted by atomic mass is 10.1. The van der Waals surface area contributed by atoms with E-state index in [1.54, 1.807) is 6.07 Å². The summed E-state index contributed by atoms with van der Waals surface area (Å²) in [5, 5.41) is 9.61. The minimum absolute atomic E-state index is 0.162. The fourth-order valence-corrected chi connectivity index (χ4v) is 2.19. The smallest absolute Gasteiger partial charge is 0.185 e. The second-order valence-electron chi connectivity index (χ2n) is 3.10. The number of carbonyl (C=O) groups is 1. The van der Waals surface area contributed by atoms with Gasteiger partial charge in [-0.2, -0.15) is 0 Å². The van der Waals surface area contributed by atoms with Gasteiger partial charge in [0.25, 0.3) is 0 Å². The summed E-state index contributed by atoms with van der Waals surface area (Å²) >= 11 is 1.89. The van der Waals surface area contributed by atoms with Crippen molar-refractivity contribution in [3.63, 3.8) is 0 Å². The lowest BCUT2D eigenvalue weighted by Crippen LogP contribution is -1.85. The highest BCUT2D eigenvalue weighted by Gasteiger charge is 2.14. The van der Waals surface area contributed by atoms with Crippen molar-refractivity contribution in [2.24, 2.45) is 0 Å². The average molecular weight is 332 g/mol. The maximum Gasteiger partial charge on any atom is 0.185 e. The zero-order valence-corrected chi connectivity index (χ0v) is 10.1. The Labute approximate surface area is 104 Å². The Hall–Kier alpha value is -1.37. The van der Waals surface area contributed by atoms with E-state index in [1.165, 1.54) is 12.1 Å². The summed E-state index contributed by atoms with van der Waals surface area (Å²) in [6, 6.07) is 5.32. The summed E-state index contributed by atoms with van der Waals surface area (Å²) in [6.07, 6.45) is 0.566. The molecule has 0 fully saturated rings. The van der Waals surface area contributed by atoms with E-state index < -0.39 is 5.82 Å². The SMILES string of the molecule is O=Cc1ccc(-c2c(O)cc(F)cc2I)o1. The molecule has 16 heavy (non-hydrogen) atoms. The molecule has 5 heteroatoms. The average Bonchev–Trinajstić information content (AvgIpc) is 2.64. The molecule has 1 N–H and O–H groups in total. The van der Waals surface area contributed by atoms with Gasteiger partial charge in [0.05, 0.1) is 5.56 Å². The first-order valence-electron chi connectivity index (χ1n) is 4.35. The Morgan fingerprint density at radius 2 is 2.12 bits per heavy atom. The molecular formula is C11H6FIO3. The van der Waals surface area contributed by atoms with E-state index in [1.807, 2.05) is 22.6 Å². The maximum atomic E-state index is 12.9. The van der Waals surface area contributed by atoms with Gasteiger partial charge in [0.1, 0.15) is 17.3 Å². The molecule has 0 aliphatic carbocycles. The first kappa shape index (κ1) is 11.1. The van der Waals surface area contributed by atoms with E-state index in [0.29, 0.717) is 21.2 Å². The molecule has 0 saturated carbocycles. The van der Waals surface area contributed by atoms with E-state index in [0.717, 1.165) is 6.07 Å². The van der Waals surface area contributed by atoms with Crippen molar-refractivity contribution < 1.29 is 18.7 Å². The van der Waals surface area contributed by atoms with Gasteiger partial charge >= 0.3 is 0 Å². The van der Waals surface area contributed by atoms with E-state index in [9.17, 15) is 14.3 Å². The van der Waals surface area contributed by atoms with Gasteiger partial charge in [0.15, 0.2) is 12.0 Å². The Balaban J connectivity index is 2.59. The highest BCUT2D eigenvalue weighted by molar-refractivity contribution is 14.1. The van der Waals surface area contributed by atoms with Crippen LogP contribution in [0.2, 0.25) is 0 Å². The molecule has 3 nitrogen and oxygen atoms in total. The van der Waals surface area contributed by atoms with Crippen molar-refractivity contribution in [2.75, 3.05) is 0 Å². The Morgan fingerprint density at radius 1 is 1.38 bits per heavy atom. The number of carbonyl (C=O) groups excluding carboxylic acids is 1. The predicted molar refractivity (Wildman–Crippen MR) is 63.9 cm³/mol. The molecule has 0 unspecified atom stereocenters. The van der Waals surface area contributed by atoms with Crippen LogP contribution in [-0.2, 0) is 0 Å². The van der Waals surface area contributed by atoms with Crippen molar-refractivity contribution in [3.05, 3.63) is 39.4 Å². The van der Waals surface area contributed by atoms with Crippen molar-refractivity contribution in [1.82, 2.24) is 0 Å². The molecule has 0 amide bonds. The zero-order valence-electron chi connectivity index (χ0n) is 7.91. The molecule has 1 aromatic carbocycles. The number of aromatic hydroxyl groups is 1. The number of benzene rings is 1. The molecule has 82 valence electrons. The van der Waals surface area contributed by atoms with Crippen LogP contribution >= 0.6 is 22.6 Å². The largest absolute Gasteiger partial charge is 0.507 e. The summed E-state index contributed by atoms with van der Waals surface area (Å²) in [4.78, 5) is 10.5. The second kappa shape index (κ2) is 4.25. The number of phenols is 1. The summed E-state index contributed by atoms with van der Waals surface area (Å²) in [6.45, 7) is 0. The number of aldehydes is 1. The van der Waals surface area contributed by atoms with E-state index in [2.05, 4.69) is 0 Å². The fraction of sp³-hybridized carbons (Fsp3) is 0. The minimum atomic E-state index is -0.521. The normalized spacial score (nSPS) is 10.4. The van der Waals surface area contributed by atoms with Crippen LogP contribution in [-0.4, -0.2) is 11.4 Å². The van der Waals surface area contributed by atoms with Gasteiger partial charge in [-0.3, -0.25) is 4.79 Å². The molecule has 0 atom stereocenters. The number of hydrogen-bond donors (Lipinski definition) is 1. The van der Waals surface area contributed by atoms with Crippen LogP contribution in [0.25, 0.3) is 11.3 Å². The van der Waals surface area contributed by atoms with Crippen molar-refractivity contribution >= 4 is 28.9 Å². The zero-order chi connectivity index (χ0) is 11.7. The van der Waals surface area contributed by atoms with Crippen LogP contribution in [0.4, 0.5) is 4.39 Å². The number of rotatable bonds is 2. The molecule has 0 aliphatic heterocycles. The minimum Gasteiger partial charge on any atom is -0.507 e. The van der Waals surface area contributed by atoms with Crippen molar-refractivity contribution in [2.45, 2.75) is 0 Å². The maximum absolute atomic E-state index is 12.9. The number of furan rings is 1. The van der Waals surface area contributed by atoms with Crippen molar-refractivity contribution in [3.8, 4) is 17.1 Å².